The minimum Gasteiger partial charge on any atom is -0.267 e. The van der Waals surface area contributed by atoms with Gasteiger partial charge in [-0.15, -0.1) is 5.10 Å². The van der Waals surface area contributed by atoms with Crippen molar-refractivity contribution < 1.29 is 0 Å². The molecule has 108 valence electrons. The summed E-state index contributed by atoms with van der Waals surface area (Å²) in [6.45, 7) is 1.83. The van der Waals surface area contributed by atoms with Gasteiger partial charge in [-0.2, -0.15) is 4.52 Å². The fourth-order valence-electron chi connectivity index (χ4n) is 2.60. The Balaban J connectivity index is 2.16. The standard InChI is InChI=1S/C16H11ClN4O/c1-10-19-21-15(22)13-7-2-3-8-14(13)18-16(21)20(10)12-6-4-5-11(17)9-12/h2-9H,1H3. The van der Waals surface area contributed by atoms with Gasteiger partial charge in [0.2, 0.25) is 5.78 Å². The van der Waals surface area contributed by atoms with Crippen molar-refractivity contribution in [2.75, 3.05) is 0 Å². The molecule has 6 heteroatoms. The maximum atomic E-state index is 12.6. The topological polar surface area (TPSA) is 52.2 Å². The monoisotopic (exact) mass is 310 g/mol. The molecule has 5 nitrogen and oxygen atoms in total. The summed E-state index contributed by atoms with van der Waals surface area (Å²) in [6, 6.07) is 14.6. The van der Waals surface area contributed by atoms with E-state index in [1.165, 1.54) is 4.52 Å². The predicted molar refractivity (Wildman–Crippen MR) is 85.8 cm³/mol. The number of benzene rings is 2. The normalized spacial score (nSPS) is 11.4. The van der Waals surface area contributed by atoms with Crippen LogP contribution >= 0.6 is 11.6 Å². The van der Waals surface area contributed by atoms with E-state index in [2.05, 4.69) is 10.1 Å². The maximum Gasteiger partial charge on any atom is 0.283 e. The van der Waals surface area contributed by atoms with Crippen LogP contribution in [0.1, 0.15) is 5.82 Å². The van der Waals surface area contributed by atoms with Crippen LogP contribution in [0, 0.1) is 6.92 Å². The second-order valence-corrected chi connectivity index (χ2v) is 5.44. The van der Waals surface area contributed by atoms with Crippen LogP contribution in [0.25, 0.3) is 22.4 Å². The lowest BCUT2D eigenvalue weighted by molar-refractivity contribution is 0.892. The fraction of sp³-hybridized carbons (Fsp3) is 0.0625. The van der Waals surface area contributed by atoms with Crippen molar-refractivity contribution in [3.8, 4) is 5.69 Å². The molecule has 4 rings (SSSR count). The minimum atomic E-state index is -0.176. The fourth-order valence-corrected chi connectivity index (χ4v) is 2.78. The van der Waals surface area contributed by atoms with Crippen LogP contribution in [-0.2, 0) is 0 Å². The average molecular weight is 311 g/mol. The van der Waals surface area contributed by atoms with Crippen molar-refractivity contribution in [2.45, 2.75) is 6.92 Å². The molecule has 0 N–H and O–H groups in total. The van der Waals surface area contributed by atoms with E-state index in [1.54, 1.807) is 12.1 Å². The first-order valence-electron chi connectivity index (χ1n) is 6.78. The van der Waals surface area contributed by atoms with Crippen molar-refractivity contribution in [1.29, 1.82) is 0 Å². The molecule has 0 saturated carbocycles. The van der Waals surface area contributed by atoms with Gasteiger partial charge in [0.25, 0.3) is 5.56 Å². The SMILES string of the molecule is Cc1nn2c(=O)c3ccccc3nc2n1-c1cccc(Cl)c1. The molecule has 0 radical (unpaired) electrons. The summed E-state index contributed by atoms with van der Waals surface area (Å²) in [5.74, 6) is 1.14. The summed E-state index contributed by atoms with van der Waals surface area (Å²) < 4.78 is 3.15. The maximum absolute atomic E-state index is 12.6. The lowest BCUT2D eigenvalue weighted by Crippen LogP contribution is -2.16. The molecule has 0 aliphatic carbocycles. The van der Waals surface area contributed by atoms with Crippen LogP contribution in [0.5, 0.6) is 0 Å². The highest BCUT2D eigenvalue weighted by atomic mass is 35.5. The highest BCUT2D eigenvalue weighted by Crippen LogP contribution is 2.19. The summed E-state index contributed by atoms with van der Waals surface area (Å²) in [6.07, 6.45) is 0. The zero-order valence-corrected chi connectivity index (χ0v) is 12.4. The van der Waals surface area contributed by atoms with Gasteiger partial charge in [-0.05, 0) is 37.3 Å². The van der Waals surface area contributed by atoms with Gasteiger partial charge in [0.05, 0.1) is 16.6 Å². The molecule has 22 heavy (non-hydrogen) atoms. The average Bonchev–Trinajstić information content (AvgIpc) is 2.84. The Morgan fingerprint density at radius 1 is 1.09 bits per heavy atom. The Labute approximate surface area is 130 Å². The summed E-state index contributed by atoms with van der Waals surface area (Å²) >= 11 is 6.07. The van der Waals surface area contributed by atoms with Gasteiger partial charge in [0.1, 0.15) is 5.82 Å². The lowest BCUT2D eigenvalue weighted by Gasteiger charge is -2.06. The Morgan fingerprint density at radius 3 is 2.73 bits per heavy atom. The smallest absolute Gasteiger partial charge is 0.267 e. The van der Waals surface area contributed by atoms with Crippen molar-refractivity contribution in [1.82, 2.24) is 19.2 Å². The molecule has 4 aromatic rings. The van der Waals surface area contributed by atoms with E-state index in [4.69, 9.17) is 11.6 Å². The lowest BCUT2D eigenvalue weighted by atomic mass is 10.2. The minimum absolute atomic E-state index is 0.176. The van der Waals surface area contributed by atoms with E-state index >= 15 is 0 Å². The van der Waals surface area contributed by atoms with Gasteiger partial charge in [-0.3, -0.25) is 9.36 Å². The Morgan fingerprint density at radius 2 is 1.91 bits per heavy atom. The first-order valence-corrected chi connectivity index (χ1v) is 7.16. The highest BCUT2D eigenvalue weighted by molar-refractivity contribution is 6.30. The van der Waals surface area contributed by atoms with Crippen LogP contribution in [0.3, 0.4) is 0 Å². The van der Waals surface area contributed by atoms with Gasteiger partial charge in [0.15, 0.2) is 0 Å². The third-order valence-corrected chi connectivity index (χ3v) is 3.81. The molecule has 0 unspecified atom stereocenters. The van der Waals surface area contributed by atoms with E-state index < -0.39 is 0 Å². The number of rotatable bonds is 1. The van der Waals surface area contributed by atoms with Gasteiger partial charge in [-0.1, -0.05) is 29.8 Å². The summed E-state index contributed by atoms with van der Waals surface area (Å²) in [4.78, 5) is 17.2. The number of halogens is 1. The molecule has 0 fully saturated rings. The number of aromatic nitrogens is 4. The second kappa shape index (κ2) is 4.68. The Hall–Kier alpha value is -2.66. The van der Waals surface area contributed by atoms with Crippen LogP contribution < -0.4 is 5.56 Å². The van der Waals surface area contributed by atoms with Crippen molar-refractivity contribution in [3.05, 3.63) is 69.7 Å². The Kier molecular flexibility index (Phi) is 2.77. The quantitative estimate of drug-likeness (QED) is 0.543. The van der Waals surface area contributed by atoms with E-state index in [0.717, 1.165) is 5.69 Å². The van der Waals surface area contributed by atoms with Crippen LogP contribution in [0.2, 0.25) is 5.02 Å². The van der Waals surface area contributed by atoms with Crippen LogP contribution in [0.15, 0.2) is 53.3 Å². The number of hydrogen-bond donors (Lipinski definition) is 0. The van der Waals surface area contributed by atoms with Crippen molar-refractivity contribution in [2.24, 2.45) is 0 Å². The first kappa shape index (κ1) is 13.0. The third-order valence-electron chi connectivity index (χ3n) is 3.57. The first-order chi connectivity index (χ1) is 10.6. The molecule has 0 aliphatic heterocycles. The van der Waals surface area contributed by atoms with Crippen molar-refractivity contribution in [3.63, 3.8) is 0 Å². The second-order valence-electron chi connectivity index (χ2n) is 5.01. The molecule has 2 aromatic carbocycles. The van der Waals surface area contributed by atoms with Gasteiger partial charge in [0, 0.05) is 5.02 Å². The Bertz CT molecular complexity index is 1080. The summed E-state index contributed by atoms with van der Waals surface area (Å²) in [7, 11) is 0. The molecular weight excluding hydrogens is 300 g/mol. The van der Waals surface area contributed by atoms with E-state index in [0.29, 0.717) is 27.5 Å². The largest absolute Gasteiger partial charge is 0.283 e. The molecule has 0 saturated heterocycles. The van der Waals surface area contributed by atoms with Crippen LogP contribution in [0.4, 0.5) is 0 Å². The molecular formula is C16H11ClN4O. The zero-order chi connectivity index (χ0) is 15.3. The summed E-state index contributed by atoms with van der Waals surface area (Å²) in [5, 5.41) is 5.50. The van der Waals surface area contributed by atoms with Crippen molar-refractivity contribution >= 4 is 28.3 Å². The van der Waals surface area contributed by atoms with Gasteiger partial charge >= 0.3 is 0 Å². The molecule has 2 heterocycles. The van der Waals surface area contributed by atoms with Crippen LogP contribution in [-0.4, -0.2) is 19.2 Å². The highest BCUT2D eigenvalue weighted by Gasteiger charge is 2.14. The van der Waals surface area contributed by atoms with E-state index in [-0.39, 0.29) is 5.56 Å². The van der Waals surface area contributed by atoms with Gasteiger partial charge in [-0.25, -0.2) is 4.98 Å². The number of aryl methyl sites for hydroxylation is 1. The number of hydrogen-bond acceptors (Lipinski definition) is 3. The number of fused-ring (bicyclic) bond motifs is 2. The molecule has 0 amide bonds. The number of para-hydroxylation sites is 1. The molecule has 0 bridgehead atoms. The zero-order valence-electron chi connectivity index (χ0n) is 11.7. The van der Waals surface area contributed by atoms with E-state index in [1.807, 2.05) is 47.9 Å². The third kappa shape index (κ3) is 1.83. The van der Waals surface area contributed by atoms with E-state index in [9.17, 15) is 4.79 Å². The molecule has 0 aliphatic rings. The molecule has 2 aromatic heterocycles. The summed E-state index contributed by atoms with van der Waals surface area (Å²) in [5.41, 5.74) is 1.29. The van der Waals surface area contributed by atoms with Gasteiger partial charge < -0.3 is 0 Å². The predicted octanol–water partition coefficient (Wildman–Crippen LogP) is 3.00. The molecule has 0 spiro atoms. The molecule has 0 atom stereocenters. The number of nitrogens with zero attached hydrogens (tertiary/aromatic N) is 4.